The fraction of sp³-hybridized carbons (Fsp3) is 0.375. The Morgan fingerprint density at radius 2 is 1.83 bits per heavy atom. The summed E-state index contributed by atoms with van der Waals surface area (Å²) in [6, 6.07) is 6.65. The van der Waals surface area contributed by atoms with E-state index in [0.29, 0.717) is 12.0 Å². The summed E-state index contributed by atoms with van der Waals surface area (Å²) in [5.74, 6) is -0.308. The number of nitrogens with zero attached hydrogens (tertiary/aromatic N) is 3. The van der Waals surface area contributed by atoms with Gasteiger partial charge in [-0.2, -0.15) is 0 Å². The Kier molecular flexibility index (Phi) is 5.46. The van der Waals surface area contributed by atoms with Crippen LogP contribution in [0.5, 0.6) is 0 Å². The number of carbonyl (C=O) groups excluding carboxylic acids is 2. The van der Waals surface area contributed by atoms with Gasteiger partial charge in [-0.05, 0) is 30.9 Å². The molecule has 1 unspecified atom stereocenters. The minimum atomic E-state index is -0.635. The fourth-order valence-electron chi connectivity index (χ4n) is 2.23. The number of aromatic nitrogens is 3. The lowest BCUT2D eigenvalue weighted by Gasteiger charge is -2.20. The molecule has 0 saturated heterocycles. The standard InChI is InChI=1S/C16H21N5O2/c1-11(2)8-14(16(23)20-21-9-17-18-10-21)19-15(22)13-7-5-4-6-12(13)3/h4-7,9-11,14H,8H2,1-3H3,(H,19,22)(H,20,23). The fourth-order valence-corrected chi connectivity index (χ4v) is 2.23. The molecule has 2 aromatic rings. The highest BCUT2D eigenvalue weighted by Gasteiger charge is 2.23. The van der Waals surface area contributed by atoms with Gasteiger partial charge in [0.1, 0.15) is 18.7 Å². The molecule has 0 saturated carbocycles. The number of hydrogen-bond acceptors (Lipinski definition) is 4. The quantitative estimate of drug-likeness (QED) is 0.845. The summed E-state index contributed by atoms with van der Waals surface area (Å²) in [7, 11) is 0. The highest BCUT2D eigenvalue weighted by Crippen LogP contribution is 2.10. The van der Waals surface area contributed by atoms with Crippen molar-refractivity contribution in [1.82, 2.24) is 20.2 Å². The third-order valence-corrected chi connectivity index (χ3v) is 3.38. The second kappa shape index (κ2) is 7.53. The second-order valence-corrected chi connectivity index (χ2v) is 5.82. The van der Waals surface area contributed by atoms with E-state index in [1.54, 1.807) is 12.1 Å². The van der Waals surface area contributed by atoms with Crippen molar-refractivity contribution in [3.63, 3.8) is 0 Å². The molecule has 0 aliphatic carbocycles. The van der Waals surface area contributed by atoms with Gasteiger partial charge in [0.05, 0.1) is 0 Å². The van der Waals surface area contributed by atoms with Crippen molar-refractivity contribution in [2.24, 2.45) is 5.92 Å². The average molecular weight is 315 g/mol. The zero-order valence-electron chi connectivity index (χ0n) is 13.5. The van der Waals surface area contributed by atoms with Gasteiger partial charge in [0.15, 0.2) is 0 Å². The van der Waals surface area contributed by atoms with E-state index in [1.807, 2.05) is 32.9 Å². The summed E-state index contributed by atoms with van der Waals surface area (Å²) in [6.07, 6.45) is 3.30. The van der Waals surface area contributed by atoms with E-state index in [-0.39, 0.29) is 17.7 Å². The van der Waals surface area contributed by atoms with E-state index in [1.165, 1.54) is 17.3 Å². The molecular formula is C16H21N5O2. The lowest BCUT2D eigenvalue weighted by Crippen LogP contribution is -2.46. The van der Waals surface area contributed by atoms with Crippen LogP contribution in [0.25, 0.3) is 0 Å². The first-order valence-corrected chi connectivity index (χ1v) is 7.49. The van der Waals surface area contributed by atoms with E-state index in [9.17, 15) is 9.59 Å². The van der Waals surface area contributed by atoms with Crippen LogP contribution in [-0.2, 0) is 4.79 Å². The molecule has 0 radical (unpaired) electrons. The van der Waals surface area contributed by atoms with Crippen LogP contribution in [0.3, 0.4) is 0 Å². The molecule has 0 aliphatic rings. The SMILES string of the molecule is Cc1ccccc1C(=O)NC(CC(C)C)C(=O)Nn1cnnc1. The highest BCUT2D eigenvalue weighted by molar-refractivity contribution is 5.99. The summed E-state index contributed by atoms with van der Waals surface area (Å²) >= 11 is 0. The molecule has 7 nitrogen and oxygen atoms in total. The van der Waals surface area contributed by atoms with Crippen LogP contribution in [0.4, 0.5) is 0 Å². The molecular weight excluding hydrogens is 294 g/mol. The number of nitrogens with one attached hydrogen (secondary N) is 2. The van der Waals surface area contributed by atoms with Crippen molar-refractivity contribution in [2.75, 3.05) is 5.43 Å². The Hall–Kier alpha value is -2.70. The maximum Gasteiger partial charge on any atom is 0.261 e. The highest BCUT2D eigenvalue weighted by atomic mass is 16.2. The van der Waals surface area contributed by atoms with E-state index < -0.39 is 6.04 Å². The molecule has 1 atom stereocenters. The van der Waals surface area contributed by atoms with Crippen LogP contribution in [0, 0.1) is 12.8 Å². The number of amides is 2. The maximum atomic E-state index is 12.4. The predicted molar refractivity (Wildman–Crippen MR) is 86.3 cm³/mol. The van der Waals surface area contributed by atoms with E-state index in [2.05, 4.69) is 20.9 Å². The van der Waals surface area contributed by atoms with E-state index >= 15 is 0 Å². The van der Waals surface area contributed by atoms with Crippen LogP contribution in [0.1, 0.15) is 36.2 Å². The second-order valence-electron chi connectivity index (χ2n) is 5.82. The Morgan fingerprint density at radius 1 is 1.17 bits per heavy atom. The molecule has 0 aliphatic heterocycles. The van der Waals surface area contributed by atoms with Gasteiger partial charge in [0.2, 0.25) is 0 Å². The van der Waals surface area contributed by atoms with Crippen molar-refractivity contribution in [2.45, 2.75) is 33.2 Å². The van der Waals surface area contributed by atoms with Gasteiger partial charge in [0, 0.05) is 5.56 Å². The summed E-state index contributed by atoms with van der Waals surface area (Å²) < 4.78 is 1.36. The van der Waals surface area contributed by atoms with Crippen molar-refractivity contribution in [1.29, 1.82) is 0 Å². The first kappa shape index (κ1) is 16.7. The first-order chi connectivity index (χ1) is 11.0. The number of aryl methyl sites for hydroxylation is 1. The number of rotatable bonds is 6. The third-order valence-electron chi connectivity index (χ3n) is 3.38. The number of benzene rings is 1. The Balaban J connectivity index is 2.10. The van der Waals surface area contributed by atoms with Crippen molar-refractivity contribution < 1.29 is 9.59 Å². The third kappa shape index (κ3) is 4.64. The predicted octanol–water partition coefficient (Wildman–Crippen LogP) is 1.50. The Bertz CT molecular complexity index is 667. The average Bonchev–Trinajstić information content (AvgIpc) is 2.99. The summed E-state index contributed by atoms with van der Waals surface area (Å²) in [5.41, 5.74) is 4.07. The smallest absolute Gasteiger partial charge is 0.261 e. The van der Waals surface area contributed by atoms with Gasteiger partial charge in [0.25, 0.3) is 11.8 Å². The van der Waals surface area contributed by atoms with Crippen molar-refractivity contribution >= 4 is 11.8 Å². The van der Waals surface area contributed by atoms with Crippen LogP contribution < -0.4 is 10.7 Å². The largest absolute Gasteiger partial charge is 0.340 e. The minimum absolute atomic E-state index is 0.254. The molecule has 1 aromatic carbocycles. The molecule has 2 N–H and O–H groups in total. The van der Waals surface area contributed by atoms with Gasteiger partial charge in [-0.3, -0.25) is 15.0 Å². The van der Waals surface area contributed by atoms with Gasteiger partial charge in [-0.25, -0.2) is 4.68 Å². The first-order valence-electron chi connectivity index (χ1n) is 7.49. The summed E-state index contributed by atoms with van der Waals surface area (Å²) in [4.78, 5) is 24.8. The molecule has 23 heavy (non-hydrogen) atoms. The van der Waals surface area contributed by atoms with Gasteiger partial charge < -0.3 is 5.32 Å². The van der Waals surface area contributed by atoms with Gasteiger partial charge in [-0.1, -0.05) is 32.0 Å². The molecule has 2 amide bonds. The lowest BCUT2D eigenvalue weighted by molar-refractivity contribution is -0.119. The molecule has 0 fully saturated rings. The van der Waals surface area contributed by atoms with E-state index in [0.717, 1.165) is 5.56 Å². The van der Waals surface area contributed by atoms with Crippen molar-refractivity contribution in [3.8, 4) is 0 Å². The van der Waals surface area contributed by atoms with Crippen LogP contribution in [-0.4, -0.2) is 32.7 Å². The molecule has 1 heterocycles. The monoisotopic (exact) mass is 315 g/mol. The molecule has 0 spiro atoms. The van der Waals surface area contributed by atoms with Gasteiger partial charge in [-0.15, -0.1) is 10.2 Å². The van der Waals surface area contributed by atoms with E-state index in [4.69, 9.17) is 0 Å². The molecule has 2 rings (SSSR count). The van der Waals surface area contributed by atoms with Gasteiger partial charge >= 0.3 is 0 Å². The molecule has 1 aromatic heterocycles. The van der Waals surface area contributed by atoms with Crippen LogP contribution >= 0.6 is 0 Å². The number of carbonyl (C=O) groups is 2. The normalized spacial score (nSPS) is 12.0. The van der Waals surface area contributed by atoms with Crippen LogP contribution in [0.2, 0.25) is 0 Å². The maximum absolute atomic E-state index is 12.4. The minimum Gasteiger partial charge on any atom is -0.340 e. The zero-order chi connectivity index (χ0) is 16.8. The Labute approximate surface area is 135 Å². The van der Waals surface area contributed by atoms with Crippen molar-refractivity contribution in [3.05, 3.63) is 48.0 Å². The Morgan fingerprint density at radius 3 is 2.43 bits per heavy atom. The molecule has 0 bridgehead atoms. The summed E-state index contributed by atoms with van der Waals surface area (Å²) in [6.45, 7) is 5.86. The van der Waals surface area contributed by atoms with Crippen LogP contribution in [0.15, 0.2) is 36.9 Å². The topological polar surface area (TPSA) is 88.9 Å². The lowest BCUT2D eigenvalue weighted by atomic mass is 10.0. The number of hydrogen-bond donors (Lipinski definition) is 2. The zero-order valence-corrected chi connectivity index (χ0v) is 13.5. The summed E-state index contributed by atoms with van der Waals surface area (Å²) in [5, 5.41) is 10.1. The molecule has 7 heteroatoms. The molecule has 122 valence electrons.